The van der Waals surface area contributed by atoms with E-state index in [2.05, 4.69) is 0 Å². The molecule has 0 saturated carbocycles. The van der Waals surface area contributed by atoms with Crippen molar-refractivity contribution >= 4 is 11.6 Å². The van der Waals surface area contributed by atoms with Gasteiger partial charge < -0.3 is 4.79 Å². The Morgan fingerprint density at radius 1 is 1.00 bits per heavy atom. The summed E-state index contributed by atoms with van der Waals surface area (Å²) in [5.41, 5.74) is 1.29. The largest absolute Gasteiger partial charge is 0.300 e. The summed E-state index contributed by atoms with van der Waals surface area (Å²) in [5.74, 6) is -0.791. The summed E-state index contributed by atoms with van der Waals surface area (Å²) in [5, 5.41) is 11.6. The van der Waals surface area contributed by atoms with Gasteiger partial charge in [-0.2, -0.15) is 0 Å². The Kier molecular flexibility index (Phi) is 6.57. The van der Waals surface area contributed by atoms with Gasteiger partial charge in [-0.05, 0) is 12.5 Å². The zero-order valence-electron chi connectivity index (χ0n) is 14.1. The Morgan fingerprint density at radius 2 is 1.56 bits per heavy atom. The average Bonchev–Trinajstić information content (AvgIpc) is 2.61. The fourth-order valence-corrected chi connectivity index (χ4v) is 2.92. The van der Waals surface area contributed by atoms with Gasteiger partial charge in [0.15, 0.2) is 5.78 Å². The SMILES string of the molecule is CC(=O)CC[C@H]([C@@H](CC(=O)c1ccccc1)c1ccccc1)[N+](=O)[O-]. The molecule has 2 aromatic rings. The lowest BCUT2D eigenvalue weighted by Gasteiger charge is -2.21. The molecule has 0 aliphatic rings. The van der Waals surface area contributed by atoms with Gasteiger partial charge in [-0.3, -0.25) is 14.9 Å². The lowest BCUT2D eigenvalue weighted by Crippen LogP contribution is -2.30. The van der Waals surface area contributed by atoms with E-state index in [0.717, 1.165) is 5.56 Å². The molecule has 2 aromatic carbocycles. The third-order valence-electron chi connectivity index (χ3n) is 4.26. The van der Waals surface area contributed by atoms with E-state index >= 15 is 0 Å². The molecule has 130 valence electrons. The molecule has 2 rings (SSSR count). The molecule has 0 aromatic heterocycles. The minimum Gasteiger partial charge on any atom is -0.300 e. The summed E-state index contributed by atoms with van der Waals surface area (Å²) in [6, 6.07) is 16.8. The van der Waals surface area contributed by atoms with Gasteiger partial charge in [-0.25, -0.2) is 0 Å². The van der Waals surface area contributed by atoms with Crippen LogP contribution in [0.4, 0.5) is 0 Å². The molecule has 5 heteroatoms. The van der Waals surface area contributed by atoms with E-state index in [-0.39, 0.29) is 35.8 Å². The number of rotatable bonds is 9. The highest BCUT2D eigenvalue weighted by Crippen LogP contribution is 2.29. The Labute approximate surface area is 146 Å². The second-order valence-corrected chi connectivity index (χ2v) is 6.10. The molecule has 0 saturated heterocycles. The van der Waals surface area contributed by atoms with Crippen molar-refractivity contribution in [1.29, 1.82) is 0 Å². The minimum atomic E-state index is -0.973. The van der Waals surface area contributed by atoms with Crippen molar-refractivity contribution in [3.05, 3.63) is 81.9 Å². The number of hydrogen-bond acceptors (Lipinski definition) is 4. The number of ketones is 2. The molecule has 2 atom stereocenters. The smallest absolute Gasteiger partial charge is 0.220 e. The van der Waals surface area contributed by atoms with Crippen LogP contribution in [0.5, 0.6) is 0 Å². The van der Waals surface area contributed by atoms with Crippen LogP contribution in [0.15, 0.2) is 60.7 Å². The van der Waals surface area contributed by atoms with Crippen LogP contribution in [-0.4, -0.2) is 22.5 Å². The molecule has 25 heavy (non-hydrogen) atoms. The number of carbonyl (C=O) groups excluding carboxylic acids is 2. The number of hydrogen-bond donors (Lipinski definition) is 0. The van der Waals surface area contributed by atoms with Crippen molar-refractivity contribution in [2.75, 3.05) is 0 Å². The molecule has 0 aliphatic carbocycles. The Hall–Kier alpha value is -2.82. The van der Waals surface area contributed by atoms with Gasteiger partial charge in [0.1, 0.15) is 5.78 Å². The molecule has 0 spiro atoms. The number of Topliss-reactive ketones (excluding diaryl/α,β-unsaturated/α-hetero) is 2. The van der Waals surface area contributed by atoms with Gasteiger partial charge in [-0.15, -0.1) is 0 Å². The van der Waals surface area contributed by atoms with Crippen molar-refractivity contribution in [2.24, 2.45) is 0 Å². The van der Waals surface area contributed by atoms with E-state index in [9.17, 15) is 19.7 Å². The van der Waals surface area contributed by atoms with E-state index in [1.807, 2.05) is 12.1 Å². The van der Waals surface area contributed by atoms with Crippen LogP contribution >= 0.6 is 0 Å². The lowest BCUT2D eigenvalue weighted by atomic mass is 9.83. The third-order valence-corrected chi connectivity index (χ3v) is 4.26. The van der Waals surface area contributed by atoms with Crippen LogP contribution in [0.2, 0.25) is 0 Å². The predicted octanol–water partition coefficient (Wildman–Crippen LogP) is 4.06. The van der Waals surface area contributed by atoms with E-state index in [4.69, 9.17) is 0 Å². The first-order valence-electron chi connectivity index (χ1n) is 8.25. The highest BCUT2D eigenvalue weighted by Gasteiger charge is 2.34. The lowest BCUT2D eigenvalue weighted by molar-refractivity contribution is -0.527. The summed E-state index contributed by atoms with van der Waals surface area (Å²) in [7, 11) is 0. The standard InChI is InChI=1S/C20H21NO4/c1-15(22)12-13-19(21(24)25)18(16-8-4-2-5-9-16)14-20(23)17-10-6-3-7-11-17/h2-11,18-19H,12-14H2,1H3/t18-,19+/m0/s1. The molecular formula is C20H21NO4. The topological polar surface area (TPSA) is 77.3 Å². The van der Waals surface area contributed by atoms with Gasteiger partial charge in [0.05, 0.1) is 5.92 Å². The fourth-order valence-electron chi connectivity index (χ4n) is 2.92. The first-order valence-corrected chi connectivity index (χ1v) is 8.25. The highest BCUT2D eigenvalue weighted by molar-refractivity contribution is 5.96. The zero-order chi connectivity index (χ0) is 18.2. The van der Waals surface area contributed by atoms with Crippen LogP contribution in [0.25, 0.3) is 0 Å². The molecule has 0 unspecified atom stereocenters. The first-order chi connectivity index (χ1) is 12.0. The molecule has 0 bridgehead atoms. The van der Waals surface area contributed by atoms with Crippen molar-refractivity contribution in [3.63, 3.8) is 0 Å². The molecule has 0 aliphatic heterocycles. The molecule has 0 radical (unpaired) electrons. The molecule has 0 N–H and O–H groups in total. The van der Waals surface area contributed by atoms with E-state index in [1.165, 1.54) is 6.92 Å². The Bertz CT molecular complexity index is 728. The Balaban J connectivity index is 2.30. The van der Waals surface area contributed by atoms with Gasteiger partial charge in [0.25, 0.3) is 0 Å². The van der Waals surface area contributed by atoms with Crippen molar-refractivity contribution in [2.45, 2.75) is 38.1 Å². The van der Waals surface area contributed by atoms with E-state index in [1.54, 1.807) is 48.5 Å². The second-order valence-electron chi connectivity index (χ2n) is 6.10. The van der Waals surface area contributed by atoms with Crippen molar-refractivity contribution in [1.82, 2.24) is 0 Å². The number of carbonyl (C=O) groups is 2. The first kappa shape index (κ1) is 18.5. The normalized spacial score (nSPS) is 13.0. The fraction of sp³-hybridized carbons (Fsp3) is 0.300. The maximum Gasteiger partial charge on any atom is 0.220 e. The van der Waals surface area contributed by atoms with E-state index < -0.39 is 12.0 Å². The predicted molar refractivity (Wildman–Crippen MR) is 95.3 cm³/mol. The number of nitrogens with zero attached hydrogens (tertiary/aromatic N) is 1. The van der Waals surface area contributed by atoms with Crippen LogP contribution in [0, 0.1) is 10.1 Å². The van der Waals surface area contributed by atoms with Gasteiger partial charge in [0.2, 0.25) is 6.04 Å². The molecule has 5 nitrogen and oxygen atoms in total. The number of nitro groups is 1. The van der Waals surface area contributed by atoms with Crippen LogP contribution < -0.4 is 0 Å². The summed E-state index contributed by atoms with van der Waals surface area (Å²) < 4.78 is 0. The van der Waals surface area contributed by atoms with Crippen molar-refractivity contribution < 1.29 is 14.5 Å². The summed E-state index contributed by atoms with van der Waals surface area (Å²) in [6.45, 7) is 1.42. The molecule has 0 heterocycles. The molecular weight excluding hydrogens is 318 g/mol. The number of benzene rings is 2. The maximum absolute atomic E-state index is 12.6. The van der Waals surface area contributed by atoms with Gasteiger partial charge in [0, 0.05) is 29.7 Å². The maximum atomic E-state index is 12.6. The minimum absolute atomic E-state index is 0.0393. The summed E-state index contributed by atoms with van der Waals surface area (Å²) >= 11 is 0. The highest BCUT2D eigenvalue weighted by atomic mass is 16.6. The van der Waals surface area contributed by atoms with E-state index in [0.29, 0.717) is 5.56 Å². The summed E-state index contributed by atoms with van der Waals surface area (Å²) in [4.78, 5) is 35.2. The van der Waals surface area contributed by atoms with Crippen LogP contribution in [-0.2, 0) is 4.79 Å². The molecule has 0 amide bonds. The Morgan fingerprint density at radius 3 is 2.08 bits per heavy atom. The van der Waals surface area contributed by atoms with Gasteiger partial charge >= 0.3 is 0 Å². The van der Waals surface area contributed by atoms with Gasteiger partial charge in [-0.1, -0.05) is 60.7 Å². The third kappa shape index (κ3) is 5.35. The second kappa shape index (κ2) is 8.87. The zero-order valence-corrected chi connectivity index (χ0v) is 14.1. The average molecular weight is 339 g/mol. The van der Waals surface area contributed by atoms with Crippen molar-refractivity contribution in [3.8, 4) is 0 Å². The van der Waals surface area contributed by atoms with Crippen LogP contribution in [0.1, 0.15) is 48.0 Å². The quantitative estimate of drug-likeness (QED) is 0.392. The molecule has 0 fully saturated rings. The monoisotopic (exact) mass is 339 g/mol. The van der Waals surface area contributed by atoms with Crippen LogP contribution in [0.3, 0.4) is 0 Å². The summed E-state index contributed by atoms with van der Waals surface area (Å²) in [6.07, 6.45) is 0.302.